The fourth-order valence-corrected chi connectivity index (χ4v) is 3.95. The van der Waals surface area contributed by atoms with Crippen molar-refractivity contribution in [3.05, 3.63) is 35.4 Å². The van der Waals surface area contributed by atoms with Gasteiger partial charge in [0.05, 0.1) is 0 Å². The highest BCUT2D eigenvalue weighted by Crippen LogP contribution is 2.47. The van der Waals surface area contributed by atoms with E-state index in [0.717, 1.165) is 5.92 Å². The SMILES string of the molecule is CC1(N)c2ccccc2CC2CCCCC21. The number of benzene rings is 1. The molecule has 3 rings (SSSR count). The van der Waals surface area contributed by atoms with Gasteiger partial charge in [-0.1, -0.05) is 37.1 Å². The Bertz CT molecular complexity index is 394. The van der Waals surface area contributed by atoms with E-state index in [1.54, 1.807) is 0 Å². The molecule has 1 nitrogen and oxygen atoms in total. The first-order valence-electron chi connectivity index (χ1n) is 6.57. The Hall–Kier alpha value is -0.820. The highest BCUT2D eigenvalue weighted by molar-refractivity contribution is 5.37. The van der Waals surface area contributed by atoms with Crippen LogP contribution in [0.25, 0.3) is 0 Å². The third-order valence-corrected chi connectivity index (χ3v) is 4.76. The van der Waals surface area contributed by atoms with Crippen LogP contribution >= 0.6 is 0 Å². The van der Waals surface area contributed by atoms with Gasteiger partial charge in [-0.05, 0) is 49.1 Å². The molecule has 0 saturated heterocycles. The van der Waals surface area contributed by atoms with E-state index < -0.39 is 0 Å². The minimum atomic E-state index is -0.0973. The summed E-state index contributed by atoms with van der Waals surface area (Å²) in [5, 5.41) is 0. The van der Waals surface area contributed by atoms with Crippen molar-refractivity contribution in [1.29, 1.82) is 0 Å². The fourth-order valence-electron chi connectivity index (χ4n) is 3.95. The van der Waals surface area contributed by atoms with Gasteiger partial charge in [-0.2, -0.15) is 0 Å². The Labute approximate surface area is 98.0 Å². The van der Waals surface area contributed by atoms with Gasteiger partial charge in [0, 0.05) is 5.54 Å². The first-order chi connectivity index (χ1) is 7.69. The maximum absolute atomic E-state index is 6.64. The summed E-state index contributed by atoms with van der Waals surface area (Å²) in [6.07, 6.45) is 6.74. The van der Waals surface area contributed by atoms with Crippen LogP contribution in [-0.2, 0) is 12.0 Å². The highest BCUT2D eigenvalue weighted by Gasteiger charge is 2.43. The molecule has 1 heteroatoms. The molecule has 0 bridgehead atoms. The van der Waals surface area contributed by atoms with E-state index in [2.05, 4.69) is 31.2 Å². The van der Waals surface area contributed by atoms with Crippen molar-refractivity contribution in [2.45, 2.75) is 44.6 Å². The van der Waals surface area contributed by atoms with Crippen LogP contribution in [0.15, 0.2) is 24.3 Å². The van der Waals surface area contributed by atoms with Crippen molar-refractivity contribution in [2.75, 3.05) is 0 Å². The second-order valence-electron chi connectivity index (χ2n) is 5.79. The molecule has 3 unspecified atom stereocenters. The van der Waals surface area contributed by atoms with Crippen molar-refractivity contribution in [2.24, 2.45) is 17.6 Å². The minimum absolute atomic E-state index is 0.0973. The van der Waals surface area contributed by atoms with Crippen molar-refractivity contribution in [1.82, 2.24) is 0 Å². The molecule has 2 N–H and O–H groups in total. The van der Waals surface area contributed by atoms with Crippen LogP contribution in [0.3, 0.4) is 0 Å². The lowest BCUT2D eigenvalue weighted by atomic mass is 9.60. The summed E-state index contributed by atoms with van der Waals surface area (Å²) in [6, 6.07) is 8.79. The molecule has 0 spiro atoms. The quantitative estimate of drug-likeness (QED) is 0.706. The molecule has 1 fully saturated rings. The van der Waals surface area contributed by atoms with Crippen molar-refractivity contribution >= 4 is 0 Å². The smallest absolute Gasteiger partial charge is 0.0415 e. The molecule has 0 aromatic heterocycles. The normalized spacial score (nSPS) is 37.6. The number of hydrogen-bond acceptors (Lipinski definition) is 1. The lowest BCUT2D eigenvalue weighted by molar-refractivity contribution is 0.125. The third kappa shape index (κ3) is 1.41. The maximum Gasteiger partial charge on any atom is 0.0415 e. The van der Waals surface area contributed by atoms with Crippen LogP contribution in [0, 0.1) is 11.8 Å². The number of fused-ring (bicyclic) bond motifs is 2. The molecule has 0 heterocycles. The Morgan fingerprint density at radius 3 is 2.81 bits per heavy atom. The summed E-state index contributed by atoms with van der Waals surface area (Å²) >= 11 is 0. The monoisotopic (exact) mass is 215 g/mol. The van der Waals surface area contributed by atoms with E-state index >= 15 is 0 Å². The van der Waals surface area contributed by atoms with Crippen LogP contribution in [-0.4, -0.2) is 0 Å². The van der Waals surface area contributed by atoms with Gasteiger partial charge in [-0.25, -0.2) is 0 Å². The zero-order valence-corrected chi connectivity index (χ0v) is 10.1. The Morgan fingerprint density at radius 1 is 1.19 bits per heavy atom. The van der Waals surface area contributed by atoms with Crippen LogP contribution in [0.4, 0.5) is 0 Å². The Balaban J connectivity index is 2.07. The van der Waals surface area contributed by atoms with E-state index in [9.17, 15) is 0 Å². The van der Waals surface area contributed by atoms with E-state index in [0.29, 0.717) is 5.92 Å². The molecule has 1 aromatic rings. The summed E-state index contributed by atoms with van der Waals surface area (Å²) in [5.41, 5.74) is 9.44. The lowest BCUT2D eigenvalue weighted by Crippen LogP contribution is -2.49. The Kier molecular flexibility index (Phi) is 2.32. The average molecular weight is 215 g/mol. The predicted molar refractivity (Wildman–Crippen MR) is 67.1 cm³/mol. The number of hydrogen-bond donors (Lipinski definition) is 1. The fraction of sp³-hybridized carbons (Fsp3) is 0.600. The summed E-state index contributed by atoms with van der Waals surface area (Å²) in [4.78, 5) is 0. The van der Waals surface area contributed by atoms with Crippen LogP contribution < -0.4 is 5.73 Å². The molecule has 0 radical (unpaired) electrons. The third-order valence-electron chi connectivity index (χ3n) is 4.76. The van der Waals surface area contributed by atoms with E-state index in [1.807, 2.05) is 0 Å². The van der Waals surface area contributed by atoms with E-state index in [4.69, 9.17) is 5.73 Å². The molecule has 3 atom stereocenters. The van der Waals surface area contributed by atoms with Crippen LogP contribution in [0.1, 0.15) is 43.7 Å². The predicted octanol–water partition coefficient (Wildman–Crippen LogP) is 3.22. The molecule has 1 aromatic carbocycles. The molecule has 2 aliphatic carbocycles. The topological polar surface area (TPSA) is 26.0 Å². The van der Waals surface area contributed by atoms with Gasteiger partial charge in [0.25, 0.3) is 0 Å². The van der Waals surface area contributed by atoms with Crippen molar-refractivity contribution in [3.63, 3.8) is 0 Å². The number of rotatable bonds is 0. The van der Waals surface area contributed by atoms with Gasteiger partial charge in [-0.3, -0.25) is 0 Å². The molecule has 16 heavy (non-hydrogen) atoms. The second kappa shape index (κ2) is 3.59. The average Bonchev–Trinajstić information content (AvgIpc) is 2.29. The minimum Gasteiger partial charge on any atom is -0.321 e. The van der Waals surface area contributed by atoms with Gasteiger partial charge in [0.1, 0.15) is 0 Å². The van der Waals surface area contributed by atoms with Gasteiger partial charge in [0.2, 0.25) is 0 Å². The second-order valence-corrected chi connectivity index (χ2v) is 5.79. The standard InChI is InChI=1S/C15H21N/c1-15(16)13-8-4-2-6-11(13)10-12-7-3-5-9-14(12)15/h2,4,6,8,12,14H,3,5,7,9-10,16H2,1H3. The van der Waals surface area contributed by atoms with Crippen molar-refractivity contribution in [3.8, 4) is 0 Å². The molecule has 2 aliphatic rings. The summed E-state index contributed by atoms with van der Waals surface area (Å²) in [7, 11) is 0. The molecular formula is C15H21N. The summed E-state index contributed by atoms with van der Waals surface area (Å²) in [6.45, 7) is 2.24. The maximum atomic E-state index is 6.64. The van der Waals surface area contributed by atoms with Gasteiger partial charge >= 0.3 is 0 Å². The van der Waals surface area contributed by atoms with E-state index in [-0.39, 0.29) is 5.54 Å². The Morgan fingerprint density at radius 2 is 1.94 bits per heavy atom. The summed E-state index contributed by atoms with van der Waals surface area (Å²) in [5.74, 6) is 1.54. The molecule has 0 aliphatic heterocycles. The van der Waals surface area contributed by atoms with E-state index in [1.165, 1.54) is 43.2 Å². The first kappa shape index (κ1) is 10.3. The molecular weight excluding hydrogens is 194 g/mol. The van der Waals surface area contributed by atoms with Crippen molar-refractivity contribution < 1.29 is 0 Å². The van der Waals surface area contributed by atoms with Crippen LogP contribution in [0.5, 0.6) is 0 Å². The largest absolute Gasteiger partial charge is 0.321 e. The van der Waals surface area contributed by atoms with Gasteiger partial charge < -0.3 is 5.73 Å². The lowest BCUT2D eigenvalue weighted by Gasteiger charge is -2.47. The number of nitrogens with two attached hydrogens (primary N) is 1. The summed E-state index contributed by atoms with van der Waals surface area (Å²) < 4.78 is 0. The molecule has 0 amide bonds. The molecule has 86 valence electrons. The van der Waals surface area contributed by atoms with Crippen LogP contribution in [0.2, 0.25) is 0 Å². The zero-order chi connectivity index (χ0) is 11.2. The van der Waals surface area contributed by atoms with Gasteiger partial charge in [-0.15, -0.1) is 0 Å². The zero-order valence-electron chi connectivity index (χ0n) is 10.1. The first-order valence-corrected chi connectivity index (χ1v) is 6.57. The van der Waals surface area contributed by atoms with Gasteiger partial charge in [0.15, 0.2) is 0 Å². The molecule has 1 saturated carbocycles. The highest BCUT2D eigenvalue weighted by atomic mass is 14.8.